The van der Waals surface area contributed by atoms with Gasteiger partial charge in [0, 0.05) is 20.3 Å². The molecule has 0 bridgehead atoms. The predicted molar refractivity (Wildman–Crippen MR) is 77.0 cm³/mol. The van der Waals surface area contributed by atoms with Gasteiger partial charge in [-0.3, -0.25) is 4.90 Å². The lowest BCUT2D eigenvalue weighted by Gasteiger charge is -2.19. The molecule has 18 heavy (non-hydrogen) atoms. The van der Waals surface area contributed by atoms with E-state index >= 15 is 0 Å². The second-order valence-corrected chi connectivity index (χ2v) is 4.93. The van der Waals surface area contributed by atoms with Crippen LogP contribution in [0.15, 0.2) is 0 Å². The van der Waals surface area contributed by atoms with E-state index < -0.39 is 0 Å². The molecular formula is C15H31NO2. The van der Waals surface area contributed by atoms with Crippen LogP contribution in [-0.2, 0) is 9.53 Å². The van der Waals surface area contributed by atoms with Crippen LogP contribution in [-0.4, -0.2) is 44.5 Å². The fourth-order valence-electron chi connectivity index (χ4n) is 2.12. The number of aldehydes is 1. The fourth-order valence-corrected chi connectivity index (χ4v) is 2.12. The number of methoxy groups -OCH3 is 1. The van der Waals surface area contributed by atoms with Gasteiger partial charge in [0.15, 0.2) is 0 Å². The van der Waals surface area contributed by atoms with Crippen molar-refractivity contribution in [2.75, 3.05) is 33.4 Å². The Morgan fingerprint density at radius 3 is 2.17 bits per heavy atom. The molecule has 3 nitrogen and oxygen atoms in total. The van der Waals surface area contributed by atoms with Gasteiger partial charge in [0.25, 0.3) is 0 Å². The Morgan fingerprint density at radius 1 is 0.944 bits per heavy atom. The van der Waals surface area contributed by atoms with E-state index in [1.165, 1.54) is 44.9 Å². The van der Waals surface area contributed by atoms with E-state index in [4.69, 9.17) is 4.74 Å². The number of hydrogen-bond donors (Lipinski definition) is 0. The average Bonchev–Trinajstić information content (AvgIpc) is 2.38. The molecule has 0 aromatic rings. The van der Waals surface area contributed by atoms with Crippen molar-refractivity contribution in [3.05, 3.63) is 0 Å². The van der Waals surface area contributed by atoms with Crippen LogP contribution in [0.1, 0.15) is 58.3 Å². The third-order valence-corrected chi connectivity index (χ3v) is 3.23. The monoisotopic (exact) mass is 257 g/mol. The smallest absolute Gasteiger partial charge is 0.133 e. The Balaban J connectivity index is 3.42. The molecule has 0 spiro atoms. The summed E-state index contributed by atoms with van der Waals surface area (Å²) in [6.07, 6.45) is 11.3. The van der Waals surface area contributed by atoms with E-state index in [1.807, 2.05) is 0 Å². The highest BCUT2D eigenvalue weighted by molar-refractivity contribution is 5.51. The zero-order chi connectivity index (χ0) is 13.5. The van der Waals surface area contributed by atoms with E-state index in [0.29, 0.717) is 6.54 Å². The van der Waals surface area contributed by atoms with Crippen LogP contribution in [0.5, 0.6) is 0 Å². The van der Waals surface area contributed by atoms with Gasteiger partial charge in [-0.2, -0.15) is 0 Å². The lowest BCUT2D eigenvalue weighted by molar-refractivity contribution is -0.108. The van der Waals surface area contributed by atoms with E-state index in [9.17, 15) is 4.79 Å². The average molecular weight is 257 g/mol. The Labute approximate surface area is 113 Å². The fraction of sp³-hybridized carbons (Fsp3) is 0.933. The summed E-state index contributed by atoms with van der Waals surface area (Å²) in [6.45, 7) is 5.63. The van der Waals surface area contributed by atoms with E-state index in [1.54, 1.807) is 7.11 Å². The number of unbranched alkanes of at least 4 members (excludes halogenated alkanes) is 6. The normalized spacial score (nSPS) is 11.1. The molecule has 0 aromatic heterocycles. The molecule has 0 fully saturated rings. The van der Waals surface area contributed by atoms with Crippen molar-refractivity contribution in [1.82, 2.24) is 4.90 Å². The maximum Gasteiger partial charge on any atom is 0.133 e. The summed E-state index contributed by atoms with van der Waals surface area (Å²) in [7, 11) is 1.72. The van der Waals surface area contributed by atoms with Gasteiger partial charge in [-0.15, -0.1) is 0 Å². The first-order valence-electron chi connectivity index (χ1n) is 7.50. The Kier molecular flexibility index (Phi) is 14.3. The van der Waals surface area contributed by atoms with Crippen molar-refractivity contribution >= 4 is 6.29 Å². The molecule has 0 aliphatic heterocycles. The van der Waals surface area contributed by atoms with Gasteiger partial charge in [-0.25, -0.2) is 0 Å². The molecule has 0 atom stereocenters. The van der Waals surface area contributed by atoms with E-state index in [-0.39, 0.29) is 0 Å². The Morgan fingerprint density at radius 2 is 1.56 bits per heavy atom. The quantitative estimate of drug-likeness (QED) is 0.353. The lowest BCUT2D eigenvalue weighted by atomic mass is 10.1. The molecule has 0 aliphatic carbocycles. The Hall–Kier alpha value is -0.410. The minimum atomic E-state index is 0.569. The predicted octanol–water partition coefficient (Wildman–Crippen LogP) is 3.27. The first-order chi connectivity index (χ1) is 8.85. The van der Waals surface area contributed by atoms with Crippen molar-refractivity contribution in [3.8, 4) is 0 Å². The molecule has 0 rings (SSSR count). The highest BCUT2D eigenvalue weighted by Crippen LogP contribution is 2.07. The summed E-state index contributed by atoms with van der Waals surface area (Å²) in [5.74, 6) is 0. The van der Waals surface area contributed by atoms with Gasteiger partial charge < -0.3 is 9.53 Å². The van der Waals surface area contributed by atoms with Crippen LogP contribution in [0.3, 0.4) is 0 Å². The molecule has 0 saturated carbocycles. The highest BCUT2D eigenvalue weighted by atomic mass is 16.5. The zero-order valence-electron chi connectivity index (χ0n) is 12.3. The van der Waals surface area contributed by atoms with Crippen molar-refractivity contribution in [1.29, 1.82) is 0 Å². The van der Waals surface area contributed by atoms with Crippen molar-refractivity contribution < 1.29 is 9.53 Å². The maximum atomic E-state index is 10.6. The lowest BCUT2D eigenvalue weighted by Crippen LogP contribution is -2.28. The van der Waals surface area contributed by atoms with Crippen molar-refractivity contribution in [2.45, 2.75) is 58.3 Å². The second kappa shape index (κ2) is 14.7. The van der Waals surface area contributed by atoms with E-state index in [0.717, 1.165) is 32.4 Å². The molecule has 0 aliphatic rings. The maximum absolute atomic E-state index is 10.6. The van der Waals surface area contributed by atoms with Crippen LogP contribution in [0.4, 0.5) is 0 Å². The van der Waals surface area contributed by atoms with E-state index in [2.05, 4.69) is 11.8 Å². The van der Waals surface area contributed by atoms with Crippen LogP contribution in [0, 0.1) is 0 Å². The van der Waals surface area contributed by atoms with Gasteiger partial charge in [-0.05, 0) is 19.4 Å². The van der Waals surface area contributed by atoms with Gasteiger partial charge in [0.05, 0.1) is 6.54 Å². The summed E-state index contributed by atoms with van der Waals surface area (Å²) < 4.78 is 5.04. The number of ether oxygens (including phenoxy) is 1. The first-order valence-corrected chi connectivity index (χ1v) is 7.50. The highest BCUT2D eigenvalue weighted by Gasteiger charge is 2.03. The van der Waals surface area contributed by atoms with Crippen LogP contribution in [0.25, 0.3) is 0 Å². The minimum absolute atomic E-state index is 0.569. The summed E-state index contributed by atoms with van der Waals surface area (Å²) in [4.78, 5) is 12.8. The van der Waals surface area contributed by atoms with Crippen LogP contribution >= 0.6 is 0 Å². The topological polar surface area (TPSA) is 29.5 Å². The number of rotatable bonds is 14. The molecule has 0 heterocycles. The summed E-state index contributed by atoms with van der Waals surface area (Å²) >= 11 is 0. The molecule has 0 amide bonds. The second-order valence-electron chi connectivity index (χ2n) is 4.93. The van der Waals surface area contributed by atoms with Crippen molar-refractivity contribution in [3.63, 3.8) is 0 Å². The van der Waals surface area contributed by atoms with Gasteiger partial charge in [-0.1, -0.05) is 45.4 Å². The number of hydrogen-bond acceptors (Lipinski definition) is 3. The third-order valence-electron chi connectivity index (χ3n) is 3.23. The summed E-state index contributed by atoms with van der Waals surface area (Å²) in [6, 6.07) is 0. The largest absolute Gasteiger partial charge is 0.385 e. The molecule has 108 valence electrons. The SMILES string of the molecule is CCCCCCCCCN(CC=O)CCCOC. The molecule has 0 N–H and O–H groups in total. The van der Waals surface area contributed by atoms with Gasteiger partial charge >= 0.3 is 0 Å². The third kappa shape index (κ3) is 12.1. The van der Waals surface area contributed by atoms with Gasteiger partial charge in [0.1, 0.15) is 6.29 Å². The molecule has 0 unspecified atom stereocenters. The molecule has 3 heteroatoms. The zero-order valence-corrected chi connectivity index (χ0v) is 12.3. The Bertz CT molecular complexity index is 174. The van der Waals surface area contributed by atoms with Crippen LogP contribution in [0.2, 0.25) is 0 Å². The summed E-state index contributed by atoms with van der Waals surface area (Å²) in [5, 5.41) is 0. The number of carbonyl (C=O) groups is 1. The number of carbonyl (C=O) groups excluding carboxylic acids is 1. The molecule has 0 aromatic carbocycles. The first kappa shape index (κ1) is 17.6. The standard InChI is InChI=1S/C15H31NO2/c1-3-4-5-6-7-8-9-11-16(13-14-17)12-10-15-18-2/h14H,3-13,15H2,1-2H3. The number of nitrogens with zero attached hydrogens (tertiary/aromatic N) is 1. The van der Waals surface area contributed by atoms with Crippen molar-refractivity contribution in [2.24, 2.45) is 0 Å². The molecule has 0 saturated heterocycles. The minimum Gasteiger partial charge on any atom is -0.385 e. The van der Waals surface area contributed by atoms with Crippen LogP contribution < -0.4 is 0 Å². The molecule has 0 radical (unpaired) electrons. The van der Waals surface area contributed by atoms with Gasteiger partial charge in [0.2, 0.25) is 0 Å². The summed E-state index contributed by atoms with van der Waals surface area (Å²) in [5.41, 5.74) is 0. The molecular weight excluding hydrogens is 226 g/mol.